The molecule has 1 heterocycles. The minimum Gasteiger partial charge on any atom is -0.506 e. The van der Waals surface area contributed by atoms with Crippen molar-refractivity contribution in [1.29, 1.82) is 0 Å². The molecule has 3 rings (SSSR count). The van der Waals surface area contributed by atoms with E-state index in [-0.39, 0.29) is 26.9 Å². The van der Waals surface area contributed by atoms with Gasteiger partial charge in [0.15, 0.2) is 0 Å². The molecule has 0 bridgehead atoms. The van der Waals surface area contributed by atoms with Crippen molar-refractivity contribution in [3.05, 3.63) is 47.0 Å². The lowest BCUT2D eigenvalue weighted by Crippen LogP contribution is -2.40. The van der Waals surface area contributed by atoms with Gasteiger partial charge in [0.25, 0.3) is 15.9 Å². The van der Waals surface area contributed by atoms with E-state index in [9.17, 15) is 18.3 Å². The number of carbonyl (C=O) groups excluding carboxylic acids is 1. The number of morpholine rings is 1. The van der Waals surface area contributed by atoms with E-state index in [4.69, 9.17) is 21.1 Å². The van der Waals surface area contributed by atoms with Crippen LogP contribution >= 0.6 is 11.6 Å². The number of nitrogens with zero attached hydrogens (tertiary/aromatic N) is 1. The maximum atomic E-state index is 13.0. The Morgan fingerprint density at radius 1 is 0.974 bits per heavy atom. The fourth-order valence-corrected chi connectivity index (χ4v) is 5.73. The van der Waals surface area contributed by atoms with Crippen LogP contribution in [0, 0.1) is 0 Å². The van der Waals surface area contributed by atoms with Gasteiger partial charge in [-0.15, -0.1) is 0 Å². The molecule has 8 nitrogen and oxygen atoms in total. The topological polar surface area (TPSA) is 105 Å². The Morgan fingerprint density at radius 3 is 2.18 bits per heavy atom. The number of phenolic OH excluding ortho intramolecular Hbond substituents is 1. The minimum atomic E-state index is -3.96. The number of aromatic hydroxyl groups is 1. The third-order valence-electron chi connectivity index (χ3n) is 6.74. The molecule has 0 radical (unpaired) electrons. The number of nitrogens with one attached hydrogen (secondary N) is 1. The van der Waals surface area contributed by atoms with Crippen LogP contribution in [-0.2, 0) is 14.8 Å². The zero-order valence-corrected chi connectivity index (χ0v) is 24.4. The van der Waals surface area contributed by atoms with Crippen LogP contribution in [0.3, 0.4) is 0 Å². The van der Waals surface area contributed by atoms with Gasteiger partial charge in [-0.3, -0.25) is 9.52 Å². The van der Waals surface area contributed by atoms with Crippen molar-refractivity contribution in [2.24, 2.45) is 0 Å². The predicted octanol–water partition coefficient (Wildman–Crippen LogP) is 6.62. The quantitative estimate of drug-likeness (QED) is 0.171. The number of hydrogen-bond donors (Lipinski definition) is 2. The van der Waals surface area contributed by atoms with Crippen LogP contribution in [0.25, 0.3) is 0 Å². The Hall–Kier alpha value is -2.49. The number of benzene rings is 2. The largest absolute Gasteiger partial charge is 0.506 e. The summed E-state index contributed by atoms with van der Waals surface area (Å²) in [5.41, 5.74) is 0.00789. The molecule has 0 aromatic heterocycles. The summed E-state index contributed by atoms with van der Waals surface area (Å²) >= 11 is 6.12. The maximum absolute atomic E-state index is 13.0. The van der Waals surface area contributed by atoms with Crippen molar-refractivity contribution >= 4 is 33.2 Å². The van der Waals surface area contributed by atoms with Gasteiger partial charge in [-0.2, -0.15) is 0 Å². The van der Waals surface area contributed by atoms with Crippen molar-refractivity contribution < 1.29 is 27.8 Å². The van der Waals surface area contributed by atoms with E-state index in [0.717, 1.165) is 12.8 Å². The summed E-state index contributed by atoms with van der Waals surface area (Å²) in [5.74, 6) is -0.223. The zero-order valence-electron chi connectivity index (χ0n) is 22.8. The minimum absolute atomic E-state index is 0.0408. The third kappa shape index (κ3) is 9.89. The summed E-state index contributed by atoms with van der Waals surface area (Å²) in [5, 5.41) is 10.2. The number of unbranched alkanes of at least 4 members (excludes halogenated alkanes) is 9. The van der Waals surface area contributed by atoms with Gasteiger partial charge in [0.1, 0.15) is 11.5 Å². The van der Waals surface area contributed by atoms with Gasteiger partial charge in [0, 0.05) is 13.1 Å². The number of carbonyl (C=O) groups is 1. The number of ether oxygens (including phenoxy) is 2. The second-order valence-electron chi connectivity index (χ2n) is 9.87. The van der Waals surface area contributed by atoms with E-state index in [2.05, 4.69) is 11.6 Å². The van der Waals surface area contributed by atoms with Crippen molar-refractivity contribution in [3.63, 3.8) is 0 Å². The Morgan fingerprint density at radius 2 is 1.56 bits per heavy atom. The van der Waals surface area contributed by atoms with Crippen LogP contribution in [0.15, 0.2) is 41.3 Å². The Bertz CT molecular complexity index is 1150. The normalized spacial score (nSPS) is 13.8. The van der Waals surface area contributed by atoms with Crippen molar-refractivity contribution in [3.8, 4) is 11.5 Å². The first-order valence-corrected chi connectivity index (χ1v) is 15.8. The van der Waals surface area contributed by atoms with E-state index in [0.29, 0.717) is 38.7 Å². The molecule has 1 fully saturated rings. The van der Waals surface area contributed by atoms with Gasteiger partial charge in [-0.05, 0) is 42.8 Å². The number of anilines is 1. The number of sulfonamides is 1. The highest BCUT2D eigenvalue weighted by atomic mass is 35.5. The van der Waals surface area contributed by atoms with Crippen LogP contribution in [-0.4, -0.2) is 57.2 Å². The van der Waals surface area contributed by atoms with E-state index in [1.165, 1.54) is 80.5 Å². The highest BCUT2D eigenvalue weighted by Gasteiger charge is 2.24. The Kier molecular flexibility index (Phi) is 12.7. The van der Waals surface area contributed by atoms with Crippen molar-refractivity contribution in [1.82, 2.24) is 4.90 Å². The SMILES string of the molecule is CCCCCCCCCCCCOc1ccc(S(=O)(=O)Nc2cc(Cl)c(O)c(C(=O)N3CCOCC3)c2)cc1. The third-order valence-corrected chi connectivity index (χ3v) is 8.43. The second-order valence-corrected chi connectivity index (χ2v) is 12.0. The lowest BCUT2D eigenvalue weighted by Gasteiger charge is -2.27. The first-order chi connectivity index (χ1) is 18.8. The molecule has 1 saturated heterocycles. The highest BCUT2D eigenvalue weighted by molar-refractivity contribution is 7.92. The van der Waals surface area contributed by atoms with Gasteiger partial charge in [-0.1, -0.05) is 76.3 Å². The molecule has 1 aliphatic rings. The van der Waals surface area contributed by atoms with Crippen LogP contribution in [0.2, 0.25) is 5.02 Å². The van der Waals surface area contributed by atoms with Gasteiger partial charge in [-0.25, -0.2) is 8.42 Å². The van der Waals surface area contributed by atoms with E-state index < -0.39 is 15.9 Å². The Balaban J connectivity index is 1.48. The summed E-state index contributed by atoms with van der Waals surface area (Å²) < 4.78 is 39.5. The number of rotatable bonds is 16. The molecule has 0 saturated carbocycles. The molecule has 1 amide bonds. The molecule has 0 atom stereocenters. The monoisotopic (exact) mass is 580 g/mol. The average molecular weight is 581 g/mol. The molecular formula is C29H41ClN2O6S. The molecule has 0 spiro atoms. The van der Waals surface area contributed by atoms with Gasteiger partial charge in [0.2, 0.25) is 0 Å². The standard InChI is InChI=1S/C29H41ClN2O6S/c1-2-3-4-5-6-7-8-9-10-11-18-38-24-12-14-25(15-13-24)39(35,36)31-23-21-26(28(33)27(30)22-23)29(34)32-16-19-37-20-17-32/h12-15,21-22,31,33H,2-11,16-20H2,1H3. The number of amides is 1. The number of halogens is 1. The number of hydrogen-bond acceptors (Lipinski definition) is 6. The van der Waals surface area contributed by atoms with Crippen molar-refractivity contribution in [2.45, 2.75) is 76.0 Å². The highest BCUT2D eigenvalue weighted by Crippen LogP contribution is 2.33. The van der Waals surface area contributed by atoms with Gasteiger partial charge in [0.05, 0.1) is 41.0 Å². The summed E-state index contributed by atoms with van der Waals surface area (Å²) in [6.07, 6.45) is 12.5. The van der Waals surface area contributed by atoms with Crippen molar-refractivity contribution in [2.75, 3.05) is 37.6 Å². The molecule has 2 aromatic rings. The molecule has 10 heteroatoms. The maximum Gasteiger partial charge on any atom is 0.261 e. The van der Waals surface area contributed by atoms with Crippen LogP contribution in [0.5, 0.6) is 11.5 Å². The molecule has 0 unspecified atom stereocenters. The fraction of sp³-hybridized carbons (Fsp3) is 0.552. The second kappa shape index (κ2) is 15.9. The molecule has 1 aliphatic heterocycles. The summed E-state index contributed by atoms with van der Waals surface area (Å²) in [6, 6.07) is 8.76. The van der Waals surface area contributed by atoms with Gasteiger partial charge >= 0.3 is 0 Å². The van der Waals surface area contributed by atoms with E-state index >= 15 is 0 Å². The first-order valence-electron chi connectivity index (χ1n) is 14.0. The van der Waals surface area contributed by atoms with Crippen LogP contribution < -0.4 is 9.46 Å². The molecule has 0 aliphatic carbocycles. The summed E-state index contributed by atoms with van der Waals surface area (Å²) in [4.78, 5) is 14.4. The first kappa shape index (κ1) is 31.0. The zero-order chi connectivity index (χ0) is 28.1. The van der Waals surface area contributed by atoms with E-state index in [1.807, 2.05) is 0 Å². The lowest BCUT2D eigenvalue weighted by atomic mass is 10.1. The summed E-state index contributed by atoms with van der Waals surface area (Å²) in [6.45, 7) is 4.36. The summed E-state index contributed by atoms with van der Waals surface area (Å²) in [7, 11) is -3.96. The van der Waals surface area contributed by atoms with E-state index in [1.54, 1.807) is 12.1 Å². The lowest BCUT2D eigenvalue weighted by molar-refractivity contribution is 0.0301. The van der Waals surface area contributed by atoms with Crippen LogP contribution in [0.1, 0.15) is 81.5 Å². The smallest absolute Gasteiger partial charge is 0.261 e. The Labute approximate surface area is 237 Å². The molecule has 2 aromatic carbocycles. The average Bonchev–Trinajstić information content (AvgIpc) is 2.94. The molecule has 216 valence electrons. The molecular weight excluding hydrogens is 540 g/mol. The van der Waals surface area contributed by atoms with Gasteiger partial charge < -0.3 is 19.5 Å². The molecule has 2 N–H and O–H groups in total. The molecule has 39 heavy (non-hydrogen) atoms. The predicted molar refractivity (Wildman–Crippen MR) is 154 cm³/mol. The fourth-order valence-electron chi connectivity index (χ4n) is 4.47. The number of phenols is 1. The van der Waals surface area contributed by atoms with Crippen LogP contribution in [0.4, 0.5) is 5.69 Å².